The predicted octanol–water partition coefficient (Wildman–Crippen LogP) is 3.02. The van der Waals surface area contributed by atoms with Crippen LogP contribution >= 0.6 is 0 Å². The van der Waals surface area contributed by atoms with E-state index >= 15 is 0 Å². The molecule has 2 aromatic rings. The van der Waals surface area contributed by atoms with Gasteiger partial charge in [0.2, 0.25) is 0 Å². The van der Waals surface area contributed by atoms with Crippen molar-refractivity contribution in [3.05, 3.63) is 59.9 Å². The SMILES string of the molecule is CNCCCCN1Cc2ccccc2N(c2ccccc2F)S1(=O)=O. The van der Waals surface area contributed by atoms with Crippen LogP contribution in [-0.4, -0.2) is 32.9 Å². The van der Waals surface area contributed by atoms with E-state index in [1.807, 2.05) is 19.2 Å². The molecular weight excluding hydrogens is 341 g/mol. The quantitative estimate of drug-likeness (QED) is 0.803. The summed E-state index contributed by atoms with van der Waals surface area (Å²) >= 11 is 0. The molecule has 1 N–H and O–H groups in total. The lowest BCUT2D eigenvalue weighted by Gasteiger charge is -2.37. The van der Waals surface area contributed by atoms with E-state index in [1.165, 1.54) is 16.4 Å². The lowest BCUT2D eigenvalue weighted by molar-refractivity contribution is 0.388. The maximum atomic E-state index is 14.4. The van der Waals surface area contributed by atoms with Crippen molar-refractivity contribution < 1.29 is 12.8 Å². The molecule has 0 aliphatic carbocycles. The van der Waals surface area contributed by atoms with Gasteiger partial charge in [-0.25, -0.2) is 8.70 Å². The van der Waals surface area contributed by atoms with Crippen molar-refractivity contribution in [3.8, 4) is 0 Å². The Morgan fingerprint density at radius 1 is 1.04 bits per heavy atom. The van der Waals surface area contributed by atoms with E-state index in [2.05, 4.69) is 5.32 Å². The fourth-order valence-electron chi connectivity index (χ4n) is 3.01. The largest absolute Gasteiger partial charge is 0.320 e. The molecule has 134 valence electrons. The zero-order valence-corrected chi connectivity index (χ0v) is 15.0. The number of halogens is 1. The number of fused-ring (bicyclic) bond motifs is 1. The summed E-state index contributed by atoms with van der Waals surface area (Å²) in [7, 11) is -1.97. The van der Waals surface area contributed by atoms with Gasteiger partial charge in [0, 0.05) is 13.1 Å². The van der Waals surface area contributed by atoms with Crippen molar-refractivity contribution in [2.75, 3.05) is 24.4 Å². The third-order valence-corrected chi connectivity index (χ3v) is 6.09. The molecule has 0 amide bonds. The predicted molar refractivity (Wildman–Crippen MR) is 97.5 cm³/mol. The van der Waals surface area contributed by atoms with Gasteiger partial charge in [0.1, 0.15) is 5.82 Å². The van der Waals surface area contributed by atoms with E-state index in [0.29, 0.717) is 18.8 Å². The first kappa shape index (κ1) is 17.8. The van der Waals surface area contributed by atoms with Gasteiger partial charge in [0.05, 0.1) is 11.4 Å². The summed E-state index contributed by atoms with van der Waals surface area (Å²) in [5.41, 5.74) is 1.43. The second-order valence-corrected chi connectivity index (χ2v) is 7.77. The zero-order valence-electron chi connectivity index (χ0n) is 14.2. The van der Waals surface area contributed by atoms with Crippen molar-refractivity contribution in [2.45, 2.75) is 19.4 Å². The number of nitrogens with zero attached hydrogens (tertiary/aromatic N) is 2. The average molecular weight is 363 g/mol. The van der Waals surface area contributed by atoms with Crippen molar-refractivity contribution in [3.63, 3.8) is 0 Å². The molecule has 0 saturated carbocycles. The number of rotatable bonds is 6. The summed E-state index contributed by atoms with van der Waals surface area (Å²) in [4.78, 5) is 0. The zero-order chi connectivity index (χ0) is 17.9. The topological polar surface area (TPSA) is 52.6 Å². The van der Waals surface area contributed by atoms with E-state index in [0.717, 1.165) is 29.3 Å². The van der Waals surface area contributed by atoms with Crippen LogP contribution in [0.15, 0.2) is 48.5 Å². The van der Waals surface area contributed by atoms with Crippen LogP contribution in [0.1, 0.15) is 18.4 Å². The molecule has 1 heterocycles. The van der Waals surface area contributed by atoms with Crippen LogP contribution in [0.25, 0.3) is 0 Å². The number of nitrogens with one attached hydrogen (secondary N) is 1. The Kier molecular flexibility index (Phi) is 5.36. The Bertz CT molecular complexity index is 842. The second-order valence-electron chi connectivity index (χ2n) is 6.00. The number of hydrogen-bond acceptors (Lipinski definition) is 3. The summed E-state index contributed by atoms with van der Waals surface area (Å²) < 4.78 is 43.2. The van der Waals surface area contributed by atoms with Gasteiger partial charge in [-0.05, 0) is 50.2 Å². The maximum absolute atomic E-state index is 14.4. The van der Waals surface area contributed by atoms with E-state index in [-0.39, 0.29) is 5.69 Å². The molecule has 1 aliphatic rings. The Balaban J connectivity index is 2.01. The molecule has 0 fully saturated rings. The molecule has 0 saturated heterocycles. The highest BCUT2D eigenvalue weighted by Gasteiger charge is 2.38. The molecule has 25 heavy (non-hydrogen) atoms. The van der Waals surface area contributed by atoms with Gasteiger partial charge in [0.25, 0.3) is 0 Å². The van der Waals surface area contributed by atoms with E-state index in [4.69, 9.17) is 0 Å². The maximum Gasteiger partial charge on any atom is 0.308 e. The Hall–Kier alpha value is -1.96. The van der Waals surface area contributed by atoms with Crippen molar-refractivity contribution in [1.29, 1.82) is 0 Å². The van der Waals surface area contributed by atoms with Crippen molar-refractivity contribution in [2.24, 2.45) is 0 Å². The molecule has 0 atom stereocenters. The number of benzene rings is 2. The first-order valence-corrected chi connectivity index (χ1v) is 9.73. The van der Waals surface area contributed by atoms with Crippen molar-refractivity contribution in [1.82, 2.24) is 9.62 Å². The van der Waals surface area contributed by atoms with Gasteiger partial charge >= 0.3 is 10.2 Å². The van der Waals surface area contributed by atoms with Crippen LogP contribution in [0.4, 0.5) is 15.8 Å². The molecule has 0 bridgehead atoms. The minimum atomic E-state index is -3.83. The lowest BCUT2D eigenvalue weighted by atomic mass is 10.1. The second kappa shape index (κ2) is 7.51. The summed E-state index contributed by atoms with van der Waals surface area (Å²) in [6, 6.07) is 13.2. The van der Waals surface area contributed by atoms with Crippen LogP contribution in [0, 0.1) is 5.82 Å². The molecule has 0 aromatic heterocycles. The van der Waals surface area contributed by atoms with Crippen LogP contribution in [0.3, 0.4) is 0 Å². The van der Waals surface area contributed by atoms with Crippen LogP contribution in [0.2, 0.25) is 0 Å². The number of para-hydroxylation sites is 2. The van der Waals surface area contributed by atoms with Gasteiger partial charge < -0.3 is 5.32 Å². The normalized spacial score (nSPS) is 16.6. The van der Waals surface area contributed by atoms with Gasteiger partial charge in [-0.3, -0.25) is 0 Å². The molecule has 2 aromatic carbocycles. The van der Waals surface area contributed by atoms with Gasteiger partial charge in [-0.15, -0.1) is 0 Å². The highest BCUT2D eigenvalue weighted by atomic mass is 32.2. The molecule has 0 radical (unpaired) electrons. The van der Waals surface area contributed by atoms with Crippen molar-refractivity contribution >= 4 is 21.6 Å². The number of hydrogen-bond donors (Lipinski definition) is 1. The minimum absolute atomic E-state index is 0.0508. The Labute approximate surface area is 148 Å². The summed E-state index contributed by atoms with van der Waals surface area (Å²) in [5.74, 6) is -0.557. The molecule has 3 rings (SSSR count). The molecule has 5 nitrogen and oxygen atoms in total. The Morgan fingerprint density at radius 2 is 1.72 bits per heavy atom. The Morgan fingerprint density at radius 3 is 2.44 bits per heavy atom. The van der Waals surface area contributed by atoms with Crippen LogP contribution < -0.4 is 9.62 Å². The number of anilines is 2. The third kappa shape index (κ3) is 3.53. The van der Waals surface area contributed by atoms with Gasteiger partial charge in [-0.2, -0.15) is 12.7 Å². The smallest absolute Gasteiger partial charge is 0.308 e. The van der Waals surface area contributed by atoms with Gasteiger partial charge in [0.15, 0.2) is 0 Å². The standard InChI is InChI=1S/C18H22FN3O2S/c1-20-12-6-7-13-21-14-15-8-2-4-10-17(15)22(25(21,23)24)18-11-5-3-9-16(18)19/h2-5,8-11,20H,6-7,12-14H2,1H3. The summed E-state index contributed by atoms with van der Waals surface area (Å²) in [6.07, 6.45) is 1.62. The first-order chi connectivity index (χ1) is 12.1. The summed E-state index contributed by atoms with van der Waals surface area (Å²) in [6.45, 7) is 1.55. The summed E-state index contributed by atoms with van der Waals surface area (Å²) in [5, 5.41) is 3.06. The van der Waals surface area contributed by atoms with E-state index in [1.54, 1.807) is 24.3 Å². The molecule has 0 unspecified atom stereocenters. The minimum Gasteiger partial charge on any atom is -0.320 e. The third-order valence-electron chi connectivity index (χ3n) is 4.27. The fraction of sp³-hybridized carbons (Fsp3) is 0.333. The monoisotopic (exact) mass is 363 g/mol. The van der Waals surface area contributed by atoms with E-state index < -0.39 is 16.0 Å². The highest BCUT2D eigenvalue weighted by molar-refractivity contribution is 7.90. The molecular formula is C18H22FN3O2S. The van der Waals surface area contributed by atoms with Gasteiger partial charge in [-0.1, -0.05) is 30.3 Å². The molecule has 0 spiro atoms. The molecule has 1 aliphatic heterocycles. The lowest BCUT2D eigenvalue weighted by Crippen LogP contribution is -2.46. The van der Waals surface area contributed by atoms with E-state index in [9.17, 15) is 12.8 Å². The number of unbranched alkanes of at least 4 members (excludes halogenated alkanes) is 1. The first-order valence-electron chi connectivity index (χ1n) is 8.33. The van der Waals surface area contributed by atoms with Crippen LogP contribution in [-0.2, 0) is 16.8 Å². The highest BCUT2D eigenvalue weighted by Crippen LogP contribution is 2.39. The van der Waals surface area contributed by atoms with Crippen LogP contribution in [0.5, 0.6) is 0 Å². The fourth-order valence-corrected chi connectivity index (χ4v) is 4.73. The molecule has 7 heteroatoms. The average Bonchev–Trinajstić information content (AvgIpc) is 2.60.